The molecule has 1 N–H and O–H groups in total. The number of thiazole rings is 1. The van der Waals surface area contributed by atoms with Crippen LogP contribution in [-0.2, 0) is 6.54 Å². The SMILES string of the molecule is CCNc1ncc(Cn2cccc2C#N)s1. The van der Waals surface area contributed by atoms with Crippen LogP contribution >= 0.6 is 11.3 Å². The first-order chi connectivity index (χ1) is 7.83. The molecule has 0 unspecified atom stereocenters. The summed E-state index contributed by atoms with van der Waals surface area (Å²) >= 11 is 1.62. The summed E-state index contributed by atoms with van der Waals surface area (Å²) in [5.74, 6) is 0. The van der Waals surface area contributed by atoms with Gasteiger partial charge in [-0.3, -0.25) is 0 Å². The van der Waals surface area contributed by atoms with Gasteiger partial charge in [0, 0.05) is 23.8 Å². The quantitative estimate of drug-likeness (QED) is 0.880. The van der Waals surface area contributed by atoms with Crippen molar-refractivity contribution in [2.75, 3.05) is 11.9 Å². The van der Waals surface area contributed by atoms with E-state index in [4.69, 9.17) is 5.26 Å². The summed E-state index contributed by atoms with van der Waals surface area (Å²) in [5.41, 5.74) is 0.679. The van der Waals surface area contributed by atoms with Crippen molar-refractivity contribution in [2.45, 2.75) is 13.5 Å². The first-order valence-corrected chi connectivity index (χ1v) is 5.89. The fourth-order valence-electron chi connectivity index (χ4n) is 1.43. The number of anilines is 1. The number of rotatable bonds is 4. The zero-order chi connectivity index (χ0) is 11.4. The molecule has 4 nitrogen and oxygen atoms in total. The molecular formula is C11H12N4S. The van der Waals surface area contributed by atoms with Crippen molar-refractivity contribution in [3.63, 3.8) is 0 Å². The average molecular weight is 232 g/mol. The fourth-order valence-corrected chi connectivity index (χ4v) is 2.31. The average Bonchev–Trinajstić information content (AvgIpc) is 2.89. The lowest BCUT2D eigenvalue weighted by molar-refractivity contribution is 0.804. The van der Waals surface area contributed by atoms with E-state index >= 15 is 0 Å². The Morgan fingerprint density at radius 2 is 2.50 bits per heavy atom. The topological polar surface area (TPSA) is 53.6 Å². The zero-order valence-electron chi connectivity index (χ0n) is 8.97. The van der Waals surface area contributed by atoms with E-state index in [2.05, 4.69) is 16.4 Å². The number of nitrogens with one attached hydrogen (secondary N) is 1. The highest BCUT2D eigenvalue weighted by Gasteiger charge is 2.04. The monoisotopic (exact) mass is 232 g/mol. The van der Waals surface area contributed by atoms with Gasteiger partial charge in [-0.05, 0) is 19.1 Å². The molecule has 0 radical (unpaired) electrons. The first-order valence-electron chi connectivity index (χ1n) is 5.07. The predicted molar refractivity (Wildman–Crippen MR) is 64.5 cm³/mol. The van der Waals surface area contributed by atoms with Crippen molar-refractivity contribution < 1.29 is 0 Å². The Balaban J connectivity index is 2.12. The summed E-state index contributed by atoms with van der Waals surface area (Å²) in [7, 11) is 0. The molecule has 0 aliphatic heterocycles. The molecule has 0 atom stereocenters. The van der Waals surface area contributed by atoms with Gasteiger partial charge in [0.05, 0.1) is 6.54 Å². The summed E-state index contributed by atoms with van der Waals surface area (Å²) in [6.07, 6.45) is 3.76. The third kappa shape index (κ3) is 2.23. The Morgan fingerprint density at radius 3 is 3.25 bits per heavy atom. The van der Waals surface area contributed by atoms with Gasteiger partial charge >= 0.3 is 0 Å². The number of aromatic nitrogens is 2. The highest BCUT2D eigenvalue weighted by atomic mass is 32.1. The summed E-state index contributed by atoms with van der Waals surface area (Å²) in [6.45, 7) is 3.62. The molecule has 0 fully saturated rings. The maximum Gasteiger partial charge on any atom is 0.182 e. The van der Waals surface area contributed by atoms with E-state index in [1.54, 1.807) is 11.3 Å². The molecule has 82 valence electrons. The van der Waals surface area contributed by atoms with Crippen LogP contribution in [0.2, 0.25) is 0 Å². The maximum atomic E-state index is 8.88. The van der Waals surface area contributed by atoms with Crippen molar-refractivity contribution in [3.05, 3.63) is 35.1 Å². The summed E-state index contributed by atoms with van der Waals surface area (Å²) in [5, 5.41) is 13.0. The molecule has 0 aliphatic carbocycles. The molecule has 2 heterocycles. The molecule has 0 aromatic carbocycles. The van der Waals surface area contributed by atoms with E-state index < -0.39 is 0 Å². The van der Waals surface area contributed by atoms with E-state index in [1.165, 1.54) is 0 Å². The van der Waals surface area contributed by atoms with Gasteiger partial charge in [-0.15, -0.1) is 11.3 Å². The Bertz CT molecular complexity index is 506. The summed E-state index contributed by atoms with van der Waals surface area (Å²) < 4.78 is 1.92. The summed E-state index contributed by atoms with van der Waals surface area (Å²) in [4.78, 5) is 5.40. The molecule has 0 spiro atoms. The van der Waals surface area contributed by atoms with E-state index in [9.17, 15) is 0 Å². The van der Waals surface area contributed by atoms with Crippen LogP contribution in [0.25, 0.3) is 0 Å². The Hall–Kier alpha value is -1.80. The Kier molecular flexibility index (Phi) is 3.22. The zero-order valence-corrected chi connectivity index (χ0v) is 9.79. The second-order valence-corrected chi connectivity index (χ2v) is 4.41. The van der Waals surface area contributed by atoms with Gasteiger partial charge in [0.1, 0.15) is 11.8 Å². The highest BCUT2D eigenvalue weighted by molar-refractivity contribution is 7.15. The van der Waals surface area contributed by atoms with Crippen LogP contribution in [0.1, 0.15) is 17.5 Å². The standard InChI is InChI=1S/C11H12N4S/c1-2-13-11-14-7-10(16-11)8-15-5-3-4-9(15)6-12/h3-5,7H,2,8H2,1H3,(H,13,14). The van der Waals surface area contributed by atoms with E-state index in [1.807, 2.05) is 36.0 Å². The molecule has 2 rings (SSSR count). The minimum absolute atomic E-state index is 0.679. The minimum atomic E-state index is 0.679. The second kappa shape index (κ2) is 4.81. The van der Waals surface area contributed by atoms with Crippen LogP contribution < -0.4 is 5.32 Å². The van der Waals surface area contributed by atoms with Gasteiger partial charge in [0.25, 0.3) is 0 Å². The van der Waals surface area contributed by atoms with Gasteiger partial charge in [-0.25, -0.2) is 4.98 Å². The third-order valence-corrected chi connectivity index (χ3v) is 3.09. The number of hydrogen-bond acceptors (Lipinski definition) is 4. The minimum Gasteiger partial charge on any atom is -0.362 e. The van der Waals surface area contributed by atoms with Gasteiger partial charge in [0.15, 0.2) is 5.13 Å². The van der Waals surface area contributed by atoms with Crippen LogP contribution in [0.4, 0.5) is 5.13 Å². The Labute approximate surface area is 98.2 Å². The van der Waals surface area contributed by atoms with Crippen molar-refractivity contribution in [1.29, 1.82) is 5.26 Å². The fraction of sp³-hybridized carbons (Fsp3) is 0.273. The number of nitrogens with zero attached hydrogens (tertiary/aromatic N) is 3. The van der Waals surface area contributed by atoms with Gasteiger partial charge < -0.3 is 9.88 Å². The van der Waals surface area contributed by atoms with Crippen LogP contribution in [0.15, 0.2) is 24.5 Å². The lowest BCUT2D eigenvalue weighted by atomic mass is 10.4. The molecule has 2 aromatic heterocycles. The normalized spacial score (nSPS) is 10.0. The van der Waals surface area contributed by atoms with Crippen LogP contribution in [0, 0.1) is 11.3 Å². The van der Waals surface area contributed by atoms with Gasteiger partial charge in [0.2, 0.25) is 0 Å². The van der Waals surface area contributed by atoms with Crippen LogP contribution in [0.3, 0.4) is 0 Å². The third-order valence-electron chi connectivity index (χ3n) is 2.15. The van der Waals surface area contributed by atoms with Crippen LogP contribution in [-0.4, -0.2) is 16.1 Å². The predicted octanol–water partition coefficient (Wildman–Crippen LogP) is 2.30. The molecule has 0 bridgehead atoms. The number of nitriles is 1. The molecule has 0 amide bonds. The number of hydrogen-bond donors (Lipinski definition) is 1. The lowest BCUT2D eigenvalue weighted by Gasteiger charge is -2.00. The van der Waals surface area contributed by atoms with Crippen molar-refractivity contribution >= 4 is 16.5 Å². The van der Waals surface area contributed by atoms with Gasteiger partial charge in [-0.1, -0.05) is 0 Å². The largest absolute Gasteiger partial charge is 0.362 e. The molecule has 0 saturated carbocycles. The maximum absolute atomic E-state index is 8.88. The summed E-state index contributed by atoms with van der Waals surface area (Å²) in [6, 6.07) is 5.85. The van der Waals surface area contributed by atoms with Crippen molar-refractivity contribution in [2.24, 2.45) is 0 Å². The molecule has 5 heteroatoms. The smallest absolute Gasteiger partial charge is 0.182 e. The second-order valence-electron chi connectivity index (χ2n) is 3.30. The van der Waals surface area contributed by atoms with E-state index in [-0.39, 0.29) is 0 Å². The Morgan fingerprint density at radius 1 is 1.62 bits per heavy atom. The molecule has 2 aromatic rings. The first kappa shape index (κ1) is 10.7. The van der Waals surface area contributed by atoms with Crippen molar-refractivity contribution in [1.82, 2.24) is 9.55 Å². The lowest BCUT2D eigenvalue weighted by Crippen LogP contribution is -1.98. The molecule has 0 saturated heterocycles. The molecule has 0 aliphatic rings. The van der Waals surface area contributed by atoms with Crippen molar-refractivity contribution in [3.8, 4) is 6.07 Å². The van der Waals surface area contributed by atoms with Crippen LogP contribution in [0.5, 0.6) is 0 Å². The molecular weight excluding hydrogens is 220 g/mol. The highest BCUT2D eigenvalue weighted by Crippen LogP contribution is 2.19. The molecule has 16 heavy (non-hydrogen) atoms. The van der Waals surface area contributed by atoms with Gasteiger partial charge in [-0.2, -0.15) is 5.26 Å². The van der Waals surface area contributed by atoms with E-state index in [0.29, 0.717) is 12.2 Å². The van der Waals surface area contributed by atoms with E-state index in [0.717, 1.165) is 16.6 Å².